The number of rotatable bonds is 3. The molecule has 3 heterocycles. The zero-order chi connectivity index (χ0) is 37.3. The van der Waals surface area contributed by atoms with Gasteiger partial charge in [0, 0.05) is 47.4 Å². The van der Waals surface area contributed by atoms with E-state index in [4.69, 9.17) is 12.3 Å². The number of para-hydroxylation sites is 3. The van der Waals surface area contributed by atoms with Crippen LogP contribution in [0.2, 0.25) is 0 Å². The molecule has 7 aromatic carbocycles. The molecule has 0 atom stereocenters. The molecule has 210 valence electrons. The van der Waals surface area contributed by atoms with Gasteiger partial charge in [0.2, 0.25) is 0 Å². The number of nitrogens with zero attached hydrogens (tertiary/aromatic N) is 2. The Morgan fingerprint density at radius 3 is 2.04 bits per heavy atom. The summed E-state index contributed by atoms with van der Waals surface area (Å²) in [5.41, 5.74) is 5.54. The molecule has 0 N–H and O–H groups in total. The highest BCUT2D eigenvalue weighted by Crippen LogP contribution is 2.43. The van der Waals surface area contributed by atoms with E-state index in [0.29, 0.717) is 16.5 Å². The fraction of sp³-hybridized carbons (Fsp3) is 0. The number of hydrogen-bond acceptors (Lipinski definition) is 1. The minimum Gasteiger partial charge on any atom is -0.309 e. The Bertz CT molecular complexity index is 3260. The van der Waals surface area contributed by atoms with Crippen molar-refractivity contribution >= 4 is 75.1 Å². The van der Waals surface area contributed by atoms with Gasteiger partial charge in [0.05, 0.1) is 40.1 Å². The highest BCUT2D eigenvalue weighted by atomic mass is 32.1. The number of hydrogen-bond donors (Lipinski definition) is 0. The second kappa shape index (κ2) is 9.43. The normalized spacial score (nSPS) is 14.8. The van der Waals surface area contributed by atoms with Crippen LogP contribution in [0.15, 0.2) is 158 Å². The Hall–Kier alpha value is -5.64. The van der Waals surface area contributed by atoms with Gasteiger partial charge in [0.15, 0.2) is 0 Å². The summed E-state index contributed by atoms with van der Waals surface area (Å²) in [5, 5.41) is 5.10. The molecule has 3 heteroatoms. The van der Waals surface area contributed by atoms with Gasteiger partial charge in [-0.05, 0) is 71.8 Å². The molecule has 2 nitrogen and oxygen atoms in total. The molecule has 0 radical (unpaired) electrons. The van der Waals surface area contributed by atoms with Crippen molar-refractivity contribution in [3.8, 4) is 22.5 Å². The number of fused-ring (bicyclic) bond motifs is 9. The third kappa shape index (κ3) is 3.56. The van der Waals surface area contributed by atoms with Gasteiger partial charge < -0.3 is 9.13 Å². The second-order valence-corrected chi connectivity index (χ2v) is 12.2. The van der Waals surface area contributed by atoms with Crippen molar-refractivity contribution < 1.29 is 12.3 Å². The fourth-order valence-corrected chi connectivity index (χ4v) is 7.95. The van der Waals surface area contributed by atoms with Crippen molar-refractivity contribution in [3.63, 3.8) is 0 Å². The van der Waals surface area contributed by atoms with E-state index in [1.807, 2.05) is 71.3 Å². The summed E-state index contributed by atoms with van der Waals surface area (Å²) >= 11 is 1.64. The molecule has 0 bridgehead atoms. The van der Waals surface area contributed by atoms with Crippen LogP contribution in [-0.4, -0.2) is 9.13 Å². The van der Waals surface area contributed by atoms with E-state index >= 15 is 0 Å². The highest BCUT2D eigenvalue weighted by Gasteiger charge is 2.19. The zero-order valence-corrected chi connectivity index (χ0v) is 24.4. The molecule has 10 rings (SSSR count). The van der Waals surface area contributed by atoms with E-state index < -0.39 is 6.04 Å². The second-order valence-electron chi connectivity index (χ2n) is 11.1. The summed E-state index contributed by atoms with van der Waals surface area (Å²) in [6.45, 7) is 0. The Labute approximate surface area is 276 Å². The summed E-state index contributed by atoms with van der Waals surface area (Å²) in [6, 6.07) is 31.5. The predicted octanol–water partition coefficient (Wildman–Crippen LogP) is 11.9. The molecule has 0 fully saturated rings. The quantitative estimate of drug-likeness (QED) is 0.191. The molecule has 0 saturated carbocycles. The lowest BCUT2D eigenvalue weighted by Crippen LogP contribution is -1.96. The molecule has 45 heavy (non-hydrogen) atoms. The van der Waals surface area contributed by atoms with E-state index in [9.17, 15) is 0 Å². The lowest BCUT2D eigenvalue weighted by Gasteiger charge is -2.12. The van der Waals surface area contributed by atoms with Crippen LogP contribution in [0.3, 0.4) is 0 Å². The van der Waals surface area contributed by atoms with E-state index in [2.05, 4.69) is 41.0 Å². The van der Waals surface area contributed by atoms with Crippen LogP contribution < -0.4 is 0 Å². The Kier molecular flexibility index (Phi) is 3.69. The maximum Gasteiger partial charge on any atom is 0.0645 e. The van der Waals surface area contributed by atoms with E-state index in [-0.39, 0.29) is 53.9 Å². The van der Waals surface area contributed by atoms with Crippen LogP contribution in [0.1, 0.15) is 12.3 Å². The van der Waals surface area contributed by atoms with Crippen LogP contribution in [0.4, 0.5) is 0 Å². The molecule has 10 aromatic rings. The van der Waals surface area contributed by atoms with Crippen molar-refractivity contribution in [2.75, 3.05) is 0 Å². The van der Waals surface area contributed by atoms with Crippen LogP contribution in [0.5, 0.6) is 0 Å². The molecule has 0 unspecified atom stereocenters. The van der Waals surface area contributed by atoms with E-state index in [1.54, 1.807) is 11.3 Å². The minimum absolute atomic E-state index is 0.0653. The number of benzene rings is 7. The van der Waals surface area contributed by atoms with Gasteiger partial charge in [-0.2, -0.15) is 0 Å². The summed E-state index contributed by atoms with van der Waals surface area (Å²) in [4.78, 5) is 0. The zero-order valence-electron chi connectivity index (χ0n) is 32.6. The van der Waals surface area contributed by atoms with Crippen LogP contribution >= 0.6 is 11.3 Å². The number of thiophene rings is 1. The van der Waals surface area contributed by atoms with Crippen molar-refractivity contribution in [3.05, 3.63) is 158 Å². The summed E-state index contributed by atoms with van der Waals surface area (Å²) < 4.78 is 82.7. The fourth-order valence-electron chi connectivity index (χ4n) is 6.84. The largest absolute Gasteiger partial charge is 0.309 e. The summed E-state index contributed by atoms with van der Waals surface area (Å²) in [6.07, 6.45) is 0. The third-order valence-corrected chi connectivity index (χ3v) is 9.86. The molecule has 0 amide bonds. The van der Waals surface area contributed by atoms with Gasteiger partial charge in [-0.25, -0.2) is 0 Å². The van der Waals surface area contributed by atoms with Crippen molar-refractivity contribution in [2.45, 2.75) is 0 Å². The maximum absolute atomic E-state index is 8.95. The van der Waals surface area contributed by atoms with Crippen LogP contribution in [-0.2, 0) is 0 Å². The first-order valence-corrected chi connectivity index (χ1v) is 15.4. The minimum atomic E-state index is -0.421. The van der Waals surface area contributed by atoms with Gasteiger partial charge in [0.25, 0.3) is 0 Å². The molecule has 0 aliphatic carbocycles. The number of aromatic nitrogens is 2. The molecular weight excluding hydrogens is 565 g/mol. The summed E-state index contributed by atoms with van der Waals surface area (Å²) in [5.74, 6) is 0. The first-order valence-electron chi connectivity index (χ1n) is 19.1. The van der Waals surface area contributed by atoms with Crippen LogP contribution in [0, 0.1) is 0 Å². The Morgan fingerprint density at radius 2 is 1.18 bits per heavy atom. The van der Waals surface area contributed by atoms with Crippen LogP contribution in [0.25, 0.3) is 86.3 Å². The van der Waals surface area contributed by atoms with Gasteiger partial charge in [-0.3, -0.25) is 0 Å². The monoisotopic (exact) mass is 599 g/mol. The molecule has 0 saturated heterocycles. The van der Waals surface area contributed by atoms with Gasteiger partial charge >= 0.3 is 0 Å². The van der Waals surface area contributed by atoms with E-state index in [0.717, 1.165) is 64.3 Å². The average molecular weight is 600 g/mol. The van der Waals surface area contributed by atoms with Gasteiger partial charge in [-0.15, -0.1) is 11.3 Å². The molecular formula is C42H26N2S. The standard InChI is InChI=1S/C42H26N2S/c1-2-11-27(12-3-1)28-21-24-40-34(25-28)42-39(19-10-20-41(42)45-40)44-37-18-9-6-15-32(37)33-26-29(22-23-38(33)44)43-35-16-7-4-13-30(35)31-14-5-8-17-36(31)43/h1-26H/i1D,2D,3D,4D,7D,11D,12D,13D,16D. The topological polar surface area (TPSA) is 9.86 Å². The molecule has 0 aliphatic rings. The smallest absolute Gasteiger partial charge is 0.0645 e. The van der Waals surface area contributed by atoms with Crippen molar-refractivity contribution in [1.29, 1.82) is 0 Å². The van der Waals surface area contributed by atoms with E-state index in [1.165, 1.54) is 0 Å². The average Bonchev–Trinajstić information content (AvgIpc) is 3.85. The Balaban J connectivity index is 1.26. The first kappa shape index (κ1) is 17.6. The lowest BCUT2D eigenvalue weighted by atomic mass is 10.0. The first-order chi connectivity index (χ1) is 26.1. The highest BCUT2D eigenvalue weighted by molar-refractivity contribution is 7.25. The molecule has 0 spiro atoms. The molecule has 3 aromatic heterocycles. The summed E-state index contributed by atoms with van der Waals surface area (Å²) in [7, 11) is 0. The van der Waals surface area contributed by atoms with Crippen molar-refractivity contribution in [2.24, 2.45) is 0 Å². The molecule has 0 aliphatic heterocycles. The lowest BCUT2D eigenvalue weighted by molar-refractivity contribution is 1.17. The van der Waals surface area contributed by atoms with Crippen molar-refractivity contribution in [1.82, 2.24) is 9.13 Å². The predicted molar refractivity (Wildman–Crippen MR) is 193 cm³/mol. The maximum atomic E-state index is 8.95. The van der Waals surface area contributed by atoms with Gasteiger partial charge in [-0.1, -0.05) is 96.9 Å². The third-order valence-electron chi connectivity index (χ3n) is 8.72. The Morgan fingerprint density at radius 1 is 0.444 bits per heavy atom. The SMILES string of the molecule is [2H]c1c([2H])c([2H])c(-c2ccc3sc4cccc(-n5c6ccccc6c6cc(-n7c8ccccc8c8c([2H])c([2H])c([2H])c([2H])c87)ccc65)c4c3c2)c([2H])c1[2H]. The van der Waals surface area contributed by atoms with Gasteiger partial charge in [0.1, 0.15) is 0 Å².